The summed E-state index contributed by atoms with van der Waals surface area (Å²) in [6.07, 6.45) is 8.52. The number of hydrogen-bond acceptors (Lipinski definition) is 4. The summed E-state index contributed by atoms with van der Waals surface area (Å²) in [6, 6.07) is 0. The standard InChI is InChI=1S/C10H14IN3S/c1-15-9-3-2-4-14(7-9)10-12-5-8(11)6-13-10/h5-6,9H,2-4,7H2,1H3. The highest BCUT2D eigenvalue weighted by atomic mass is 127. The molecule has 0 aliphatic carbocycles. The second kappa shape index (κ2) is 5.34. The largest absolute Gasteiger partial charge is 0.340 e. The van der Waals surface area contributed by atoms with Gasteiger partial charge in [-0.15, -0.1) is 0 Å². The van der Waals surface area contributed by atoms with Crippen molar-refractivity contribution in [1.82, 2.24) is 9.97 Å². The maximum Gasteiger partial charge on any atom is 0.225 e. The van der Waals surface area contributed by atoms with Gasteiger partial charge in [0.25, 0.3) is 0 Å². The fourth-order valence-corrected chi connectivity index (χ4v) is 2.79. The van der Waals surface area contributed by atoms with Crippen LogP contribution in [0.4, 0.5) is 5.95 Å². The lowest BCUT2D eigenvalue weighted by molar-refractivity contribution is 0.580. The molecule has 0 radical (unpaired) electrons. The van der Waals surface area contributed by atoms with Gasteiger partial charge in [-0.05, 0) is 41.7 Å². The van der Waals surface area contributed by atoms with Crippen LogP contribution in [0.25, 0.3) is 0 Å². The molecule has 5 heteroatoms. The SMILES string of the molecule is CSC1CCCN(c2ncc(I)cn2)C1. The van der Waals surface area contributed by atoms with Crippen LogP contribution in [0, 0.1) is 3.57 Å². The molecule has 0 amide bonds. The predicted octanol–water partition coefficient (Wildman–Crippen LogP) is 2.41. The first kappa shape index (κ1) is 11.4. The number of rotatable bonds is 2. The van der Waals surface area contributed by atoms with Crippen molar-refractivity contribution in [2.45, 2.75) is 18.1 Å². The molecule has 1 saturated heterocycles. The maximum absolute atomic E-state index is 4.37. The summed E-state index contributed by atoms with van der Waals surface area (Å²) in [6.45, 7) is 2.18. The molecule has 2 rings (SSSR count). The third kappa shape index (κ3) is 2.96. The Kier molecular flexibility index (Phi) is 4.07. The summed E-state index contributed by atoms with van der Waals surface area (Å²) in [5.41, 5.74) is 0. The Bertz CT molecular complexity index is 317. The Labute approximate surface area is 108 Å². The van der Waals surface area contributed by atoms with Crippen LogP contribution in [0.5, 0.6) is 0 Å². The number of piperidine rings is 1. The van der Waals surface area contributed by atoms with E-state index in [1.807, 2.05) is 24.2 Å². The van der Waals surface area contributed by atoms with Gasteiger partial charge < -0.3 is 4.90 Å². The fraction of sp³-hybridized carbons (Fsp3) is 0.600. The van der Waals surface area contributed by atoms with E-state index in [1.54, 1.807) is 0 Å². The average Bonchev–Trinajstić information content (AvgIpc) is 2.30. The summed E-state index contributed by atoms with van der Waals surface area (Å²) in [7, 11) is 0. The van der Waals surface area contributed by atoms with Crippen LogP contribution in [-0.2, 0) is 0 Å². The van der Waals surface area contributed by atoms with E-state index >= 15 is 0 Å². The molecule has 3 nitrogen and oxygen atoms in total. The molecule has 1 aromatic rings. The molecule has 1 fully saturated rings. The van der Waals surface area contributed by atoms with Gasteiger partial charge in [0.1, 0.15) is 0 Å². The molecule has 1 aromatic heterocycles. The minimum Gasteiger partial charge on any atom is -0.340 e. The summed E-state index contributed by atoms with van der Waals surface area (Å²) >= 11 is 4.18. The van der Waals surface area contributed by atoms with Crippen molar-refractivity contribution in [3.63, 3.8) is 0 Å². The van der Waals surface area contributed by atoms with Crippen molar-refractivity contribution in [1.29, 1.82) is 0 Å². The number of nitrogens with zero attached hydrogens (tertiary/aromatic N) is 3. The second-order valence-corrected chi connectivity index (χ2v) is 6.03. The first-order valence-electron chi connectivity index (χ1n) is 5.05. The van der Waals surface area contributed by atoms with Gasteiger partial charge in [0, 0.05) is 34.3 Å². The Morgan fingerprint density at radius 3 is 2.87 bits per heavy atom. The molecule has 1 atom stereocenters. The van der Waals surface area contributed by atoms with Gasteiger partial charge in [0.15, 0.2) is 0 Å². The third-order valence-electron chi connectivity index (χ3n) is 2.60. The van der Waals surface area contributed by atoms with Crippen molar-refractivity contribution >= 4 is 40.3 Å². The van der Waals surface area contributed by atoms with E-state index in [0.717, 1.165) is 27.9 Å². The van der Waals surface area contributed by atoms with E-state index in [2.05, 4.69) is 43.7 Å². The zero-order chi connectivity index (χ0) is 10.7. The lowest BCUT2D eigenvalue weighted by Crippen LogP contribution is -2.37. The van der Waals surface area contributed by atoms with Crippen LogP contribution in [-0.4, -0.2) is 34.6 Å². The maximum atomic E-state index is 4.37. The minimum atomic E-state index is 0.738. The highest BCUT2D eigenvalue weighted by molar-refractivity contribution is 14.1. The lowest BCUT2D eigenvalue weighted by Gasteiger charge is -2.31. The van der Waals surface area contributed by atoms with E-state index < -0.39 is 0 Å². The van der Waals surface area contributed by atoms with Crippen molar-refractivity contribution in [2.24, 2.45) is 0 Å². The van der Waals surface area contributed by atoms with Crippen molar-refractivity contribution in [3.8, 4) is 0 Å². The number of aromatic nitrogens is 2. The molecule has 1 aliphatic heterocycles. The first-order chi connectivity index (χ1) is 7.29. The van der Waals surface area contributed by atoms with Gasteiger partial charge in [-0.3, -0.25) is 0 Å². The van der Waals surface area contributed by atoms with E-state index in [-0.39, 0.29) is 0 Å². The Morgan fingerprint density at radius 1 is 1.47 bits per heavy atom. The monoisotopic (exact) mass is 335 g/mol. The highest BCUT2D eigenvalue weighted by Gasteiger charge is 2.20. The average molecular weight is 335 g/mol. The number of halogens is 1. The van der Waals surface area contributed by atoms with Crippen molar-refractivity contribution in [2.75, 3.05) is 24.2 Å². The zero-order valence-corrected chi connectivity index (χ0v) is 11.7. The molecule has 0 spiro atoms. The molecule has 82 valence electrons. The lowest BCUT2D eigenvalue weighted by atomic mass is 10.1. The summed E-state index contributed by atoms with van der Waals surface area (Å²) < 4.78 is 1.09. The third-order valence-corrected chi connectivity index (χ3v) is 4.21. The van der Waals surface area contributed by atoms with Gasteiger partial charge in [-0.25, -0.2) is 9.97 Å². The van der Waals surface area contributed by atoms with Crippen LogP contribution in [0.15, 0.2) is 12.4 Å². The smallest absolute Gasteiger partial charge is 0.225 e. The van der Waals surface area contributed by atoms with Crippen LogP contribution in [0.3, 0.4) is 0 Å². The second-order valence-electron chi connectivity index (χ2n) is 3.65. The molecule has 0 aromatic carbocycles. The minimum absolute atomic E-state index is 0.738. The Balaban J connectivity index is 2.06. The fourth-order valence-electron chi connectivity index (χ4n) is 1.78. The molecule has 0 bridgehead atoms. The van der Waals surface area contributed by atoms with Gasteiger partial charge in [0.2, 0.25) is 5.95 Å². The molecule has 1 unspecified atom stereocenters. The molecule has 0 saturated carbocycles. The quantitative estimate of drug-likeness (QED) is 0.777. The normalized spacial score (nSPS) is 21.7. The topological polar surface area (TPSA) is 29.0 Å². The van der Waals surface area contributed by atoms with Crippen LogP contribution >= 0.6 is 34.4 Å². The predicted molar refractivity (Wildman–Crippen MR) is 73.5 cm³/mol. The Hall–Kier alpha value is -0.0400. The first-order valence-corrected chi connectivity index (χ1v) is 7.41. The van der Waals surface area contributed by atoms with E-state index in [9.17, 15) is 0 Å². The number of anilines is 1. The van der Waals surface area contributed by atoms with Gasteiger partial charge in [-0.1, -0.05) is 0 Å². The summed E-state index contributed by atoms with van der Waals surface area (Å²) in [4.78, 5) is 11.0. The molecule has 15 heavy (non-hydrogen) atoms. The van der Waals surface area contributed by atoms with E-state index in [0.29, 0.717) is 0 Å². The van der Waals surface area contributed by atoms with Gasteiger partial charge in [0.05, 0.1) is 0 Å². The van der Waals surface area contributed by atoms with E-state index in [1.165, 1.54) is 12.8 Å². The van der Waals surface area contributed by atoms with Crippen molar-refractivity contribution in [3.05, 3.63) is 16.0 Å². The number of thioether (sulfide) groups is 1. The molecule has 1 aliphatic rings. The summed E-state index contributed by atoms with van der Waals surface area (Å²) in [5, 5.41) is 0.738. The van der Waals surface area contributed by atoms with E-state index in [4.69, 9.17) is 0 Å². The molecular weight excluding hydrogens is 321 g/mol. The molecule has 2 heterocycles. The highest BCUT2D eigenvalue weighted by Crippen LogP contribution is 2.22. The van der Waals surface area contributed by atoms with Crippen LogP contribution in [0.2, 0.25) is 0 Å². The van der Waals surface area contributed by atoms with Gasteiger partial charge >= 0.3 is 0 Å². The molecular formula is C10H14IN3S. The van der Waals surface area contributed by atoms with Crippen LogP contribution in [0.1, 0.15) is 12.8 Å². The van der Waals surface area contributed by atoms with Crippen LogP contribution < -0.4 is 4.90 Å². The zero-order valence-electron chi connectivity index (χ0n) is 8.69. The Morgan fingerprint density at radius 2 is 2.20 bits per heavy atom. The number of hydrogen-bond donors (Lipinski definition) is 0. The summed E-state index contributed by atoms with van der Waals surface area (Å²) in [5.74, 6) is 0.883. The van der Waals surface area contributed by atoms with Crippen molar-refractivity contribution < 1.29 is 0 Å². The van der Waals surface area contributed by atoms with Gasteiger partial charge in [-0.2, -0.15) is 11.8 Å². The molecule has 0 N–H and O–H groups in total.